The molecule has 4 aliphatic carbocycles. The highest BCUT2D eigenvalue weighted by atomic mass is 79.9. The van der Waals surface area contributed by atoms with Gasteiger partial charge in [-0.05, 0) is 67.6 Å². The van der Waals surface area contributed by atoms with Gasteiger partial charge in [-0.15, -0.1) is 0 Å². The van der Waals surface area contributed by atoms with E-state index in [1.807, 2.05) is 0 Å². The molecule has 0 radical (unpaired) electrons. The van der Waals surface area contributed by atoms with Crippen molar-refractivity contribution in [1.82, 2.24) is 0 Å². The highest BCUT2D eigenvalue weighted by molar-refractivity contribution is 9.10. The molecule has 0 aromatic heterocycles. The van der Waals surface area contributed by atoms with Crippen LogP contribution in [-0.2, 0) is 9.59 Å². The van der Waals surface area contributed by atoms with E-state index in [0.717, 1.165) is 38.0 Å². The number of hydrogen-bond acceptors (Lipinski definition) is 2. The number of carbonyl (C=O) groups excluding carboxylic acids is 2. The SMILES string of the molecule is CC12CCC3C(CCC4CC(=O)CCC43C)C1CC(Br)C2=O. The summed E-state index contributed by atoms with van der Waals surface area (Å²) in [6, 6.07) is 0. The predicted molar refractivity (Wildman–Crippen MR) is 89.8 cm³/mol. The minimum Gasteiger partial charge on any atom is -0.300 e. The first kappa shape index (κ1) is 15.4. The second kappa shape index (κ2) is 4.91. The molecule has 0 aliphatic heterocycles. The Morgan fingerprint density at radius 2 is 1.82 bits per heavy atom. The van der Waals surface area contributed by atoms with Crippen LogP contribution in [0.5, 0.6) is 0 Å². The molecule has 0 aromatic rings. The van der Waals surface area contributed by atoms with Crippen LogP contribution in [0.4, 0.5) is 0 Å². The van der Waals surface area contributed by atoms with Crippen molar-refractivity contribution in [3.63, 3.8) is 0 Å². The molecule has 22 heavy (non-hydrogen) atoms. The molecule has 2 nitrogen and oxygen atoms in total. The van der Waals surface area contributed by atoms with Crippen LogP contribution in [0.2, 0.25) is 0 Å². The first-order valence-corrected chi connectivity index (χ1v) is 9.98. The number of rotatable bonds is 0. The predicted octanol–water partition coefficient (Wildman–Crippen LogP) is 4.54. The van der Waals surface area contributed by atoms with E-state index < -0.39 is 0 Å². The van der Waals surface area contributed by atoms with Crippen molar-refractivity contribution in [2.24, 2.45) is 34.5 Å². The highest BCUT2D eigenvalue weighted by Gasteiger charge is 2.61. The maximum Gasteiger partial charge on any atom is 0.152 e. The van der Waals surface area contributed by atoms with Crippen LogP contribution < -0.4 is 0 Å². The zero-order valence-corrected chi connectivity index (χ0v) is 15.3. The van der Waals surface area contributed by atoms with Gasteiger partial charge in [0.1, 0.15) is 5.78 Å². The topological polar surface area (TPSA) is 34.1 Å². The molecule has 4 fully saturated rings. The summed E-state index contributed by atoms with van der Waals surface area (Å²) < 4.78 is 0. The molecule has 0 amide bonds. The van der Waals surface area contributed by atoms with Gasteiger partial charge < -0.3 is 0 Å². The van der Waals surface area contributed by atoms with Crippen molar-refractivity contribution in [3.05, 3.63) is 0 Å². The average Bonchev–Trinajstić information content (AvgIpc) is 2.72. The lowest BCUT2D eigenvalue weighted by Gasteiger charge is -2.59. The standard InChI is InChI=1S/C19H27BrO2/c1-18-7-5-12(21)9-11(18)3-4-13-14(18)6-8-19(2)15(13)10-16(20)17(19)22/h11,13-16H,3-10H2,1-2H3. The summed E-state index contributed by atoms with van der Waals surface area (Å²) in [5.74, 6) is 3.57. The van der Waals surface area contributed by atoms with E-state index in [1.165, 1.54) is 19.3 Å². The van der Waals surface area contributed by atoms with E-state index in [0.29, 0.717) is 34.7 Å². The van der Waals surface area contributed by atoms with Crippen molar-refractivity contribution in [1.29, 1.82) is 0 Å². The molecule has 7 atom stereocenters. The third-order valence-electron chi connectivity index (χ3n) is 8.18. The van der Waals surface area contributed by atoms with Gasteiger partial charge >= 0.3 is 0 Å². The van der Waals surface area contributed by atoms with Crippen molar-refractivity contribution in [3.8, 4) is 0 Å². The van der Waals surface area contributed by atoms with E-state index in [2.05, 4.69) is 29.8 Å². The number of carbonyl (C=O) groups is 2. The second-order valence-electron chi connectivity index (χ2n) is 8.92. The van der Waals surface area contributed by atoms with Gasteiger partial charge in [-0.1, -0.05) is 29.8 Å². The Bertz CT molecular complexity index is 530. The minimum absolute atomic E-state index is 0.0803. The fourth-order valence-electron chi connectivity index (χ4n) is 6.79. The van der Waals surface area contributed by atoms with Gasteiger partial charge in [0.25, 0.3) is 0 Å². The number of Topliss-reactive ketones (excluding diaryl/α,β-unsaturated/α-hetero) is 2. The van der Waals surface area contributed by atoms with Crippen LogP contribution >= 0.6 is 15.9 Å². The lowest BCUT2D eigenvalue weighted by Crippen LogP contribution is -2.53. The Labute approximate surface area is 141 Å². The van der Waals surface area contributed by atoms with Gasteiger partial charge in [0.05, 0.1) is 4.83 Å². The van der Waals surface area contributed by atoms with Gasteiger partial charge in [-0.2, -0.15) is 0 Å². The highest BCUT2D eigenvalue weighted by Crippen LogP contribution is 2.65. The molecular formula is C19H27BrO2. The van der Waals surface area contributed by atoms with E-state index in [9.17, 15) is 9.59 Å². The molecule has 7 unspecified atom stereocenters. The zero-order valence-electron chi connectivity index (χ0n) is 13.7. The quantitative estimate of drug-likeness (QED) is 0.589. The second-order valence-corrected chi connectivity index (χ2v) is 10.0. The van der Waals surface area contributed by atoms with Crippen molar-refractivity contribution >= 4 is 27.5 Å². The molecule has 0 saturated heterocycles. The first-order valence-electron chi connectivity index (χ1n) is 9.06. The van der Waals surface area contributed by atoms with Crippen LogP contribution in [0.15, 0.2) is 0 Å². The van der Waals surface area contributed by atoms with Crippen LogP contribution in [-0.4, -0.2) is 16.4 Å². The maximum atomic E-state index is 12.6. The number of halogens is 1. The lowest BCUT2D eigenvalue weighted by molar-refractivity contribution is -0.144. The largest absolute Gasteiger partial charge is 0.300 e. The summed E-state index contributed by atoms with van der Waals surface area (Å²) in [5, 5.41) is 0. The van der Waals surface area contributed by atoms with Gasteiger partial charge in [-0.25, -0.2) is 0 Å². The smallest absolute Gasteiger partial charge is 0.152 e. The molecule has 0 heterocycles. The normalized spacial score (nSPS) is 54.6. The summed E-state index contributed by atoms with van der Waals surface area (Å²) in [7, 11) is 0. The zero-order chi connectivity index (χ0) is 15.7. The summed E-state index contributed by atoms with van der Waals surface area (Å²) in [6.45, 7) is 4.70. The molecule has 4 saturated carbocycles. The lowest BCUT2D eigenvalue weighted by atomic mass is 9.45. The summed E-state index contributed by atoms with van der Waals surface area (Å²) in [4.78, 5) is 24.6. The van der Waals surface area contributed by atoms with E-state index in [-0.39, 0.29) is 10.2 Å². The fraction of sp³-hybridized carbons (Fsp3) is 0.895. The molecule has 122 valence electrons. The summed E-state index contributed by atoms with van der Waals surface area (Å²) in [6.07, 6.45) is 8.45. The number of alkyl halides is 1. The Balaban J connectivity index is 1.66. The first-order chi connectivity index (χ1) is 10.4. The summed E-state index contributed by atoms with van der Waals surface area (Å²) >= 11 is 3.64. The third kappa shape index (κ3) is 1.90. The Morgan fingerprint density at radius 1 is 1.05 bits per heavy atom. The molecule has 3 heteroatoms. The number of ketones is 2. The van der Waals surface area contributed by atoms with Gasteiger partial charge in [-0.3, -0.25) is 9.59 Å². The van der Waals surface area contributed by atoms with Crippen LogP contribution in [0.1, 0.15) is 65.2 Å². The molecule has 0 bridgehead atoms. The molecule has 4 rings (SSSR count). The monoisotopic (exact) mass is 366 g/mol. The number of hydrogen-bond donors (Lipinski definition) is 0. The van der Waals surface area contributed by atoms with Crippen molar-refractivity contribution in [2.75, 3.05) is 0 Å². The van der Waals surface area contributed by atoms with E-state index in [4.69, 9.17) is 0 Å². The van der Waals surface area contributed by atoms with Gasteiger partial charge in [0.15, 0.2) is 5.78 Å². The van der Waals surface area contributed by atoms with E-state index >= 15 is 0 Å². The Hall–Kier alpha value is -0.180. The molecule has 0 aromatic carbocycles. The fourth-order valence-corrected chi connectivity index (χ4v) is 7.72. The van der Waals surface area contributed by atoms with Crippen molar-refractivity contribution in [2.45, 2.75) is 70.0 Å². The maximum absolute atomic E-state index is 12.6. The molecular weight excluding hydrogens is 340 g/mol. The molecule has 4 aliphatic rings. The van der Waals surface area contributed by atoms with Gasteiger partial charge in [0.2, 0.25) is 0 Å². The molecule has 0 spiro atoms. The average molecular weight is 367 g/mol. The van der Waals surface area contributed by atoms with Gasteiger partial charge in [0, 0.05) is 18.3 Å². The van der Waals surface area contributed by atoms with E-state index in [1.54, 1.807) is 0 Å². The van der Waals surface area contributed by atoms with Crippen LogP contribution in [0, 0.1) is 34.5 Å². The number of fused-ring (bicyclic) bond motifs is 5. The molecule has 0 N–H and O–H groups in total. The van der Waals surface area contributed by atoms with Crippen LogP contribution in [0.25, 0.3) is 0 Å². The minimum atomic E-state index is -0.0803. The summed E-state index contributed by atoms with van der Waals surface area (Å²) in [5.41, 5.74) is 0.272. The van der Waals surface area contributed by atoms with Crippen LogP contribution in [0.3, 0.4) is 0 Å². The van der Waals surface area contributed by atoms with Crippen molar-refractivity contribution < 1.29 is 9.59 Å². The third-order valence-corrected chi connectivity index (χ3v) is 8.97. The Morgan fingerprint density at radius 3 is 2.59 bits per heavy atom. The Kier molecular flexibility index (Phi) is 3.43.